The lowest BCUT2D eigenvalue weighted by Crippen LogP contribution is -2.30. The normalized spacial score (nSPS) is 10.5. The summed E-state index contributed by atoms with van der Waals surface area (Å²) in [6, 6.07) is 7.52. The highest BCUT2D eigenvalue weighted by Crippen LogP contribution is 2.24. The minimum Gasteiger partial charge on any atom is -0.395 e. The molecule has 1 aromatic carbocycles. The molecule has 0 spiro atoms. The molecule has 0 aliphatic rings. The van der Waals surface area contributed by atoms with Crippen molar-refractivity contribution >= 4 is 35.0 Å². The van der Waals surface area contributed by atoms with Crippen LogP contribution in [0.5, 0.6) is 0 Å². The summed E-state index contributed by atoms with van der Waals surface area (Å²) in [6.45, 7) is 2.50. The molecule has 2 aromatic rings. The van der Waals surface area contributed by atoms with E-state index in [9.17, 15) is 14.9 Å². The maximum Gasteiger partial charge on any atom is 0.433 e. The predicted octanol–water partition coefficient (Wildman–Crippen LogP) is 4.16. The Kier molecular flexibility index (Phi) is 5.05. The summed E-state index contributed by atoms with van der Waals surface area (Å²) in [5, 5.41) is 11.4. The fourth-order valence-electron chi connectivity index (χ4n) is 1.88. The zero-order valence-electron chi connectivity index (χ0n) is 11.6. The lowest BCUT2D eigenvalue weighted by Gasteiger charge is -2.19. The van der Waals surface area contributed by atoms with Gasteiger partial charge in [0, 0.05) is 13.1 Å². The molecule has 0 unspecified atom stereocenters. The van der Waals surface area contributed by atoms with Crippen LogP contribution >= 0.6 is 23.2 Å². The minimum atomic E-state index is -0.688. The third-order valence-electron chi connectivity index (χ3n) is 3.01. The molecule has 6 nitrogen and oxygen atoms in total. The van der Waals surface area contributed by atoms with E-state index in [4.69, 9.17) is 27.6 Å². The number of nitro groups is 1. The van der Waals surface area contributed by atoms with Gasteiger partial charge in [0.15, 0.2) is 5.76 Å². The van der Waals surface area contributed by atoms with Crippen LogP contribution in [-0.2, 0) is 6.54 Å². The number of halogens is 2. The van der Waals surface area contributed by atoms with Crippen molar-refractivity contribution in [1.82, 2.24) is 4.90 Å². The molecule has 0 N–H and O–H groups in total. The Morgan fingerprint density at radius 1 is 1.27 bits per heavy atom. The first-order valence-corrected chi connectivity index (χ1v) is 7.15. The van der Waals surface area contributed by atoms with Gasteiger partial charge in [-0.2, -0.15) is 0 Å². The van der Waals surface area contributed by atoms with E-state index in [1.165, 1.54) is 11.0 Å². The Morgan fingerprint density at radius 3 is 2.55 bits per heavy atom. The van der Waals surface area contributed by atoms with Gasteiger partial charge in [0.2, 0.25) is 0 Å². The zero-order chi connectivity index (χ0) is 16.3. The van der Waals surface area contributed by atoms with E-state index in [1.54, 1.807) is 25.1 Å². The summed E-state index contributed by atoms with van der Waals surface area (Å²) < 4.78 is 4.93. The summed E-state index contributed by atoms with van der Waals surface area (Å²) in [7, 11) is 0. The molecular weight excluding hydrogens is 331 g/mol. The first-order valence-electron chi connectivity index (χ1n) is 6.39. The highest BCUT2D eigenvalue weighted by molar-refractivity contribution is 6.42. The predicted molar refractivity (Wildman–Crippen MR) is 82.2 cm³/mol. The molecule has 1 amide bonds. The van der Waals surface area contributed by atoms with Crippen molar-refractivity contribution < 1.29 is 14.1 Å². The van der Waals surface area contributed by atoms with Crippen molar-refractivity contribution in [1.29, 1.82) is 0 Å². The largest absolute Gasteiger partial charge is 0.433 e. The second-order valence-electron chi connectivity index (χ2n) is 4.46. The molecule has 1 aromatic heterocycles. The van der Waals surface area contributed by atoms with Crippen LogP contribution in [0.15, 0.2) is 34.7 Å². The molecular formula is C14H12Cl2N2O4. The van der Waals surface area contributed by atoms with Gasteiger partial charge >= 0.3 is 5.88 Å². The molecule has 2 rings (SSSR count). The van der Waals surface area contributed by atoms with E-state index >= 15 is 0 Å². The standard InChI is InChI=1S/C14H12Cl2N2O4/c1-2-17(8-9-3-4-10(15)11(16)7-9)14(19)12-5-6-13(22-12)18(20)21/h3-7H,2,8H2,1H3. The quantitative estimate of drug-likeness (QED) is 0.603. The van der Waals surface area contributed by atoms with Gasteiger partial charge < -0.3 is 9.32 Å². The maximum absolute atomic E-state index is 12.3. The summed E-state index contributed by atoms with van der Waals surface area (Å²) >= 11 is 11.8. The monoisotopic (exact) mass is 342 g/mol. The summed E-state index contributed by atoms with van der Waals surface area (Å²) in [5.74, 6) is -0.968. The van der Waals surface area contributed by atoms with Crippen molar-refractivity contribution in [3.63, 3.8) is 0 Å². The molecule has 0 bridgehead atoms. The molecule has 0 fully saturated rings. The second-order valence-corrected chi connectivity index (χ2v) is 5.28. The van der Waals surface area contributed by atoms with Crippen LogP contribution in [0, 0.1) is 10.1 Å². The highest BCUT2D eigenvalue weighted by Gasteiger charge is 2.21. The number of carbonyl (C=O) groups is 1. The van der Waals surface area contributed by atoms with E-state index in [-0.39, 0.29) is 5.76 Å². The van der Waals surface area contributed by atoms with Crippen LogP contribution in [0.3, 0.4) is 0 Å². The van der Waals surface area contributed by atoms with Crippen molar-refractivity contribution in [2.45, 2.75) is 13.5 Å². The molecule has 8 heteroatoms. The van der Waals surface area contributed by atoms with Crippen molar-refractivity contribution in [3.8, 4) is 0 Å². The van der Waals surface area contributed by atoms with Crippen molar-refractivity contribution in [3.05, 3.63) is 61.8 Å². The Hall–Kier alpha value is -2.05. The number of hydrogen-bond donors (Lipinski definition) is 0. The number of benzene rings is 1. The molecule has 1 heterocycles. The molecule has 0 aliphatic heterocycles. The first kappa shape index (κ1) is 16.3. The van der Waals surface area contributed by atoms with Gasteiger partial charge in [-0.25, -0.2) is 0 Å². The van der Waals surface area contributed by atoms with E-state index in [1.807, 2.05) is 0 Å². The number of hydrogen-bond acceptors (Lipinski definition) is 4. The van der Waals surface area contributed by atoms with Gasteiger partial charge in [-0.15, -0.1) is 0 Å². The Morgan fingerprint density at radius 2 is 2.00 bits per heavy atom. The van der Waals surface area contributed by atoms with Gasteiger partial charge in [-0.05, 0) is 30.7 Å². The van der Waals surface area contributed by atoms with Gasteiger partial charge in [-0.3, -0.25) is 14.9 Å². The lowest BCUT2D eigenvalue weighted by molar-refractivity contribution is -0.402. The molecule has 0 atom stereocenters. The van der Waals surface area contributed by atoms with Crippen LogP contribution in [0.4, 0.5) is 5.88 Å². The number of rotatable bonds is 5. The average molecular weight is 343 g/mol. The van der Waals surface area contributed by atoms with Crippen LogP contribution < -0.4 is 0 Å². The van der Waals surface area contributed by atoms with Crippen LogP contribution in [-0.4, -0.2) is 22.3 Å². The fraction of sp³-hybridized carbons (Fsp3) is 0.214. The highest BCUT2D eigenvalue weighted by atomic mass is 35.5. The van der Waals surface area contributed by atoms with Crippen LogP contribution in [0.25, 0.3) is 0 Å². The molecule has 0 radical (unpaired) electrons. The average Bonchev–Trinajstić information content (AvgIpc) is 2.97. The van der Waals surface area contributed by atoms with Gasteiger partial charge in [0.1, 0.15) is 4.92 Å². The third kappa shape index (κ3) is 3.58. The summed E-state index contributed by atoms with van der Waals surface area (Å²) in [5.41, 5.74) is 0.797. The smallest absolute Gasteiger partial charge is 0.395 e. The topological polar surface area (TPSA) is 76.6 Å². The van der Waals surface area contributed by atoms with Crippen LogP contribution in [0.2, 0.25) is 10.0 Å². The van der Waals surface area contributed by atoms with E-state index < -0.39 is 16.7 Å². The van der Waals surface area contributed by atoms with Gasteiger partial charge in [-0.1, -0.05) is 29.3 Å². The first-order chi connectivity index (χ1) is 10.4. The zero-order valence-corrected chi connectivity index (χ0v) is 13.1. The van der Waals surface area contributed by atoms with E-state index in [0.29, 0.717) is 23.1 Å². The molecule has 22 heavy (non-hydrogen) atoms. The fourth-order valence-corrected chi connectivity index (χ4v) is 2.20. The lowest BCUT2D eigenvalue weighted by atomic mass is 10.2. The summed E-state index contributed by atoms with van der Waals surface area (Å²) in [4.78, 5) is 23.7. The van der Waals surface area contributed by atoms with Crippen molar-refractivity contribution in [2.24, 2.45) is 0 Å². The molecule has 0 aliphatic carbocycles. The Bertz CT molecular complexity index is 715. The number of nitrogens with zero attached hydrogens (tertiary/aromatic N) is 2. The molecule has 0 saturated heterocycles. The minimum absolute atomic E-state index is 0.0754. The second kappa shape index (κ2) is 6.81. The third-order valence-corrected chi connectivity index (χ3v) is 3.75. The Labute approximate surface area is 136 Å². The Balaban J connectivity index is 2.17. The van der Waals surface area contributed by atoms with E-state index in [2.05, 4.69) is 0 Å². The molecule has 116 valence electrons. The van der Waals surface area contributed by atoms with Gasteiger partial charge in [0.05, 0.1) is 16.1 Å². The van der Waals surface area contributed by atoms with Gasteiger partial charge in [0.25, 0.3) is 5.91 Å². The number of furan rings is 1. The maximum atomic E-state index is 12.3. The van der Waals surface area contributed by atoms with E-state index in [0.717, 1.165) is 11.6 Å². The molecule has 0 saturated carbocycles. The summed E-state index contributed by atoms with van der Waals surface area (Å²) in [6.07, 6.45) is 0. The number of amides is 1. The van der Waals surface area contributed by atoms with Crippen molar-refractivity contribution in [2.75, 3.05) is 6.54 Å². The number of carbonyl (C=O) groups excluding carboxylic acids is 1. The van der Waals surface area contributed by atoms with Crippen LogP contribution in [0.1, 0.15) is 23.0 Å². The SMILES string of the molecule is CCN(Cc1ccc(Cl)c(Cl)c1)C(=O)c1ccc([N+](=O)[O-])o1.